The molecule has 1 unspecified atom stereocenters. The van der Waals surface area contributed by atoms with Gasteiger partial charge in [-0.15, -0.1) is 24.0 Å². The van der Waals surface area contributed by atoms with E-state index in [2.05, 4.69) is 27.4 Å². The summed E-state index contributed by atoms with van der Waals surface area (Å²) in [6, 6.07) is 6.74. The number of guanidine groups is 1. The Hall–Kier alpha value is -1.42. The summed E-state index contributed by atoms with van der Waals surface area (Å²) in [5, 5.41) is 6.09. The predicted molar refractivity (Wildman–Crippen MR) is 127 cm³/mol. The molecule has 2 rings (SSSR count). The summed E-state index contributed by atoms with van der Waals surface area (Å²) in [7, 11) is 5.66. The number of benzene rings is 1. The number of likely N-dealkylation sites (N-methyl/N-ethyl adjacent to an activating group) is 1. The van der Waals surface area contributed by atoms with E-state index in [0.29, 0.717) is 18.9 Å². The Labute approximate surface area is 191 Å². The first-order valence-corrected chi connectivity index (χ1v) is 10.1. The second-order valence-electron chi connectivity index (χ2n) is 7.54. The van der Waals surface area contributed by atoms with Crippen LogP contribution in [0.5, 0.6) is 0 Å². The molecule has 1 aliphatic heterocycles. The molecule has 1 atom stereocenters. The molecule has 0 aliphatic carbocycles. The second-order valence-corrected chi connectivity index (χ2v) is 7.54. The number of hydrogen-bond acceptors (Lipinski definition) is 3. The van der Waals surface area contributed by atoms with Crippen LogP contribution in [0.2, 0.25) is 0 Å². The first-order valence-electron chi connectivity index (χ1n) is 10.1. The third kappa shape index (κ3) is 8.08. The average Bonchev–Trinajstić information content (AvgIpc) is 2.67. The maximum atomic E-state index is 13.7. The van der Waals surface area contributed by atoms with E-state index in [1.54, 1.807) is 19.2 Å². The van der Waals surface area contributed by atoms with Crippen molar-refractivity contribution in [2.24, 2.45) is 10.9 Å². The van der Waals surface area contributed by atoms with Crippen molar-refractivity contribution >= 4 is 35.8 Å². The molecular formula is C21H35FIN5O. The van der Waals surface area contributed by atoms with E-state index in [9.17, 15) is 9.18 Å². The highest BCUT2D eigenvalue weighted by Crippen LogP contribution is 2.22. The number of piperidine rings is 1. The Morgan fingerprint density at radius 1 is 1.34 bits per heavy atom. The van der Waals surface area contributed by atoms with E-state index in [-0.39, 0.29) is 41.7 Å². The number of hydrogen-bond donors (Lipinski definition) is 2. The fraction of sp³-hybridized carbons (Fsp3) is 0.619. The van der Waals surface area contributed by atoms with Gasteiger partial charge in [-0.25, -0.2) is 4.39 Å². The van der Waals surface area contributed by atoms with Crippen LogP contribution in [-0.2, 0) is 4.79 Å². The van der Waals surface area contributed by atoms with Crippen molar-refractivity contribution in [1.82, 2.24) is 20.4 Å². The van der Waals surface area contributed by atoms with Crippen LogP contribution in [0.4, 0.5) is 4.39 Å². The van der Waals surface area contributed by atoms with Crippen LogP contribution >= 0.6 is 24.0 Å². The first kappa shape index (κ1) is 25.6. The molecule has 1 aromatic rings. The average molecular weight is 519 g/mol. The van der Waals surface area contributed by atoms with Gasteiger partial charge in [-0.2, -0.15) is 0 Å². The highest BCUT2D eigenvalue weighted by atomic mass is 127. The Morgan fingerprint density at radius 3 is 2.59 bits per heavy atom. The number of likely N-dealkylation sites (tertiary alicyclic amines) is 1. The molecular weight excluding hydrogens is 484 g/mol. The number of nitrogens with zero attached hydrogens (tertiary/aromatic N) is 3. The van der Waals surface area contributed by atoms with Crippen molar-refractivity contribution in [3.05, 3.63) is 35.6 Å². The zero-order chi connectivity index (χ0) is 20.5. The fourth-order valence-electron chi connectivity index (χ4n) is 3.59. The van der Waals surface area contributed by atoms with Gasteiger partial charge in [0.1, 0.15) is 5.82 Å². The van der Waals surface area contributed by atoms with Crippen LogP contribution in [0.3, 0.4) is 0 Å². The maximum Gasteiger partial charge on any atom is 0.220 e. The third-order valence-corrected chi connectivity index (χ3v) is 5.27. The smallest absolute Gasteiger partial charge is 0.220 e. The molecule has 0 bridgehead atoms. The van der Waals surface area contributed by atoms with Gasteiger partial charge in [0.25, 0.3) is 0 Å². The Kier molecular flexibility index (Phi) is 11.5. The Morgan fingerprint density at radius 2 is 2.03 bits per heavy atom. The second kappa shape index (κ2) is 13.0. The number of carbonyl (C=O) groups is 1. The molecule has 8 heteroatoms. The summed E-state index contributed by atoms with van der Waals surface area (Å²) in [5.41, 5.74) is 0.925. The van der Waals surface area contributed by atoms with E-state index < -0.39 is 0 Å². The molecule has 1 aliphatic rings. The summed E-state index contributed by atoms with van der Waals surface area (Å²) >= 11 is 0. The standard InChI is InChI=1S/C21H34FN5O.HI/c1-5-24-21(27-11-9-16(10-12-27)13-20(28)23-2)25-15-19(26(3)4)17-7-6-8-18(22)14-17;/h6-8,14,16,19H,5,9-13,15H2,1-4H3,(H,23,28)(H,24,25);1H. The molecule has 29 heavy (non-hydrogen) atoms. The summed E-state index contributed by atoms with van der Waals surface area (Å²) in [6.45, 7) is 5.19. The lowest BCUT2D eigenvalue weighted by Gasteiger charge is -2.34. The zero-order valence-electron chi connectivity index (χ0n) is 17.9. The van der Waals surface area contributed by atoms with Gasteiger partial charge >= 0.3 is 0 Å². The molecule has 0 spiro atoms. The number of rotatable bonds is 7. The van der Waals surface area contributed by atoms with E-state index >= 15 is 0 Å². The van der Waals surface area contributed by atoms with Crippen molar-refractivity contribution in [1.29, 1.82) is 0 Å². The minimum atomic E-state index is -0.224. The first-order chi connectivity index (χ1) is 13.4. The van der Waals surface area contributed by atoms with Crippen LogP contribution in [0.25, 0.3) is 0 Å². The number of aliphatic imine (C=N–C) groups is 1. The SMILES string of the molecule is CCNC(=NCC(c1cccc(F)c1)N(C)C)N1CCC(CC(=O)NC)CC1.I. The largest absolute Gasteiger partial charge is 0.359 e. The molecule has 6 nitrogen and oxygen atoms in total. The van der Waals surface area contributed by atoms with Crippen LogP contribution in [0.1, 0.15) is 37.8 Å². The maximum absolute atomic E-state index is 13.7. The highest BCUT2D eigenvalue weighted by molar-refractivity contribution is 14.0. The number of carbonyl (C=O) groups excluding carboxylic acids is 1. The van der Waals surface area contributed by atoms with Gasteiger partial charge in [-0.3, -0.25) is 9.79 Å². The van der Waals surface area contributed by atoms with Gasteiger partial charge in [-0.1, -0.05) is 12.1 Å². The van der Waals surface area contributed by atoms with Gasteiger partial charge in [0.15, 0.2) is 5.96 Å². The van der Waals surface area contributed by atoms with Crippen molar-refractivity contribution in [2.75, 3.05) is 47.3 Å². The molecule has 1 amide bonds. The predicted octanol–water partition coefficient (Wildman–Crippen LogP) is 2.86. The van der Waals surface area contributed by atoms with Gasteiger partial charge in [0.2, 0.25) is 5.91 Å². The van der Waals surface area contributed by atoms with E-state index in [0.717, 1.165) is 44.0 Å². The summed E-state index contributed by atoms with van der Waals surface area (Å²) in [4.78, 5) is 20.8. The van der Waals surface area contributed by atoms with Crippen molar-refractivity contribution < 1.29 is 9.18 Å². The molecule has 2 N–H and O–H groups in total. The third-order valence-electron chi connectivity index (χ3n) is 5.27. The molecule has 1 fully saturated rings. The Bertz CT molecular complexity index is 662. The van der Waals surface area contributed by atoms with Crippen LogP contribution < -0.4 is 10.6 Å². The lowest BCUT2D eigenvalue weighted by atomic mass is 9.93. The van der Waals surface area contributed by atoms with E-state index in [1.807, 2.05) is 20.2 Å². The monoisotopic (exact) mass is 519 g/mol. The van der Waals surface area contributed by atoms with Crippen LogP contribution in [0, 0.1) is 11.7 Å². The van der Waals surface area contributed by atoms with Crippen molar-refractivity contribution in [3.63, 3.8) is 0 Å². The van der Waals surface area contributed by atoms with Gasteiger partial charge in [0.05, 0.1) is 12.6 Å². The normalized spacial score (nSPS) is 16.3. The number of nitrogens with one attached hydrogen (secondary N) is 2. The summed E-state index contributed by atoms with van der Waals surface area (Å²) in [6.07, 6.45) is 2.57. The molecule has 0 radical (unpaired) electrons. The molecule has 164 valence electrons. The van der Waals surface area contributed by atoms with Gasteiger partial charge in [0, 0.05) is 33.1 Å². The minimum absolute atomic E-state index is 0. The van der Waals surface area contributed by atoms with Crippen LogP contribution in [0.15, 0.2) is 29.3 Å². The van der Waals surface area contributed by atoms with Gasteiger partial charge < -0.3 is 20.4 Å². The van der Waals surface area contributed by atoms with Crippen molar-refractivity contribution in [2.45, 2.75) is 32.2 Å². The zero-order valence-corrected chi connectivity index (χ0v) is 20.3. The van der Waals surface area contributed by atoms with Crippen molar-refractivity contribution in [3.8, 4) is 0 Å². The highest BCUT2D eigenvalue weighted by Gasteiger charge is 2.23. The summed E-state index contributed by atoms with van der Waals surface area (Å²) in [5.74, 6) is 1.21. The minimum Gasteiger partial charge on any atom is -0.359 e. The lowest BCUT2D eigenvalue weighted by molar-refractivity contribution is -0.121. The topological polar surface area (TPSA) is 60.0 Å². The number of amides is 1. The molecule has 1 saturated heterocycles. The fourth-order valence-corrected chi connectivity index (χ4v) is 3.59. The molecule has 1 heterocycles. The van der Waals surface area contributed by atoms with Gasteiger partial charge in [-0.05, 0) is 57.5 Å². The number of halogens is 2. The quantitative estimate of drug-likeness (QED) is 0.331. The molecule has 1 aromatic carbocycles. The van der Waals surface area contributed by atoms with E-state index in [4.69, 9.17) is 4.99 Å². The summed E-state index contributed by atoms with van der Waals surface area (Å²) < 4.78 is 13.7. The van der Waals surface area contributed by atoms with Crippen LogP contribution in [-0.4, -0.2) is 69.0 Å². The Balaban J connectivity index is 0.00000420. The molecule has 0 aromatic heterocycles. The van der Waals surface area contributed by atoms with E-state index in [1.165, 1.54) is 6.07 Å². The molecule has 0 saturated carbocycles. The lowest BCUT2D eigenvalue weighted by Crippen LogP contribution is -2.46.